The molecule has 2 aliphatic carbocycles. The zero-order valence-corrected chi connectivity index (χ0v) is 9.73. The van der Waals surface area contributed by atoms with E-state index in [1.54, 1.807) is 0 Å². The van der Waals surface area contributed by atoms with Crippen LogP contribution in [0.5, 0.6) is 0 Å². The minimum absolute atomic E-state index is 0.112. The molecule has 0 radical (unpaired) electrons. The number of hydrogen-bond acceptors (Lipinski definition) is 2. The Kier molecular flexibility index (Phi) is 1.92. The number of aromatic nitrogens is 1. The van der Waals surface area contributed by atoms with Gasteiger partial charge in [0.1, 0.15) is 5.69 Å². The van der Waals surface area contributed by atoms with Crippen molar-refractivity contribution < 1.29 is 4.79 Å². The summed E-state index contributed by atoms with van der Waals surface area (Å²) in [7, 11) is 0. The highest BCUT2D eigenvalue weighted by atomic mass is 16.2. The van der Waals surface area contributed by atoms with Crippen LogP contribution in [0.3, 0.4) is 0 Å². The fourth-order valence-corrected chi connectivity index (χ4v) is 3.12. The number of hydrogen-bond donors (Lipinski definition) is 2. The molecule has 1 saturated heterocycles. The molecule has 3 aliphatic rings. The number of fused-ring (bicyclic) bond motifs is 1. The van der Waals surface area contributed by atoms with Crippen LogP contribution in [0, 0.1) is 11.8 Å². The maximum Gasteiger partial charge on any atom is 0.268 e. The third-order valence-corrected chi connectivity index (χ3v) is 4.34. The summed E-state index contributed by atoms with van der Waals surface area (Å²) in [4.78, 5) is 12.2. The normalized spacial score (nSPS) is 34.5. The van der Waals surface area contributed by atoms with Crippen LogP contribution in [0.4, 0.5) is 0 Å². The van der Waals surface area contributed by atoms with E-state index in [4.69, 9.17) is 0 Å². The van der Waals surface area contributed by atoms with Gasteiger partial charge in [-0.1, -0.05) is 0 Å². The Balaban J connectivity index is 1.47. The summed E-state index contributed by atoms with van der Waals surface area (Å²) in [6, 6.07) is 4.91. The van der Waals surface area contributed by atoms with Crippen LogP contribution in [0.2, 0.25) is 0 Å². The van der Waals surface area contributed by atoms with Gasteiger partial charge in [-0.15, -0.1) is 0 Å². The molecule has 4 nitrogen and oxygen atoms in total. The second kappa shape index (κ2) is 3.35. The van der Waals surface area contributed by atoms with Gasteiger partial charge in [-0.2, -0.15) is 0 Å². The second-order valence-corrected chi connectivity index (χ2v) is 5.52. The van der Waals surface area contributed by atoms with E-state index >= 15 is 0 Å². The Morgan fingerprint density at radius 1 is 1.35 bits per heavy atom. The van der Waals surface area contributed by atoms with Crippen LogP contribution in [0.15, 0.2) is 18.3 Å². The lowest BCUT2D eigenvalue weighted by atomic mass is 10.3. The standard InChI is InChI=1S/C13H17N3O/c17-13(15-12-9-6-14-7-10(9)12)11-2-1-5-16(11)8-3-4-8/h1-2,5,8-10,12,14H,3-4,6-7H2,(H,15,17). The molecule has 2 atom stereocenters. The Morgan fingerprint density at radius 2 is 2.12 bits per heavy atom. The van der Waals surface area contributed by atoms with E-state index in [0.29, 0.717) is 23.9 Å². The summed E-state index contributed by atoms with van der Waals surface area (Å²) in [6.07, 6.45) is 4.46. The first-order valence-corrected chi connectivity index (χ1v) is 6.53. The van der Waals surface area contributed by atoms with Gasteiger partial charge in [0.05, 0.1) is 0 Å². The number of carbonyl (C=O) groups is 1. The zero-order valence-electron chi connectivity index (χ0n) is 9.73. The monoisotopic (exact) mass is 231 g/mol. The molecule has 3 fully saturated rings. The average molecular weight is 231 g/mol. The highest BCUT2D eigenvalue weighted by molar-refractivity contribution is 5.93. The van der Waals surface area contributed by atoms with Gasteiger partial charge in [-0.25, -0.2) is 0 Å². The third-order valence-electron chi connectivity index (χ3n) is 4.34. The van der Waals surface area contributed by atoms with E-state index in [9.17, 15) is 4.79 Å². The predicted molar refractivity (Wildman–Crippen MR) is 63.8 cm³/mol. The third kappa shape index (κ3) is 1.51. The number of piperidine rings is 1. The van der Waals surface area contributed by atoms with Crippen molar-refractivity contribution in [2.75, 3.05) is 13.1 Å². The van der Waals surface area contributed by atoms with Crippen LogP contribution < -0.4 is 10.6 Å². The second-order valence-electron chi connectivity index (χ2n) is 5.52. The molecular formula is C13H17N3O. The molecule has 90 valence electrons. The Labute approximate surface area is 100 Å². The van der Waals surface area contributed by atoms with Gasteiger partial charge in [0.15, 0.2) is 0 Å². The fraction of sp³-hybridized carbons (Fsp3) is 0.615. The van der Waals surface area contributed by atoms with E-state index in [1.165, 1.54) is 12.8 Å². The van der Waals surface area contributed by atoms with E-state index in [-0.39, 0.29) is 5.91 Å². The first-order valence-electron chi connectivity index (χ1n) is 6.53. The van der Waals surface area contributed by atoms with Crippen molar-refractivity contribution in [1.82, 2.24) is 15.2 Å². The molecular weight excluding hydrogens is 214 g/mol. The minimum Gasteiger partial charge on any atom is -0.347 e. The number of nitrogens with zero attached hydrogens (tertiary/aromatic N) is 1. The lowest BCUT2D eigenvalue weighted by Gasteiger charge is -2.10. The summed E-state index contributed by atoms with van der Waals surface area (Å²) in [5, 5.41) is 6.52. The molecule has 0 spiro atoms. The van der Waals surface area contributed by atoms with Crippen molar-refractivity contribution in [1.29, 1.82) is 0 Å². The molecule has 0 bridgehead atoms. The maximum atomic E-state index is 12.2. The van der Waals surface area contributed by atoms with Crippen LogP contribution in [0.25, 0.3) is 0 Å². The van der Waals surface area contributed by atoms with Gasteiger partial charge < -0.3 is 15.2 Å². The van der Waals surface area contributed by atoms with Crippen molar-refractivity contribution in [3.05, 3.63) is 24.0 Å². The summed E-state index contributed by atoms with van der Waals surface area (Å²) in [5.41, 5.74) is 0.838. The molecule has 4 heteroatoms. The van der Waals surface area contributed by atoms with Gasteiger partial charge in [0.2, 0.25) is 0 Å². The van der Waals surface area contributed by atoms with Gasteiger partial charge in [0, 0.05) is 31.4 Å². The Morgan fingerprint density at radius 3 is 2.82 bits per heavy atom. The summed E-state index contributed by atoms with van der Waals surface area (Å²) in [6.45, 7) is 2.14. The maximum absolute atomic E-state index is 12.2. The number of carbonyl (C=O) groups excluding carboxylic acids is 1. The molecule has 1 aromatic heterocycles. The predicted octanol–water partition coefficient (Wildman–Crippen LogP) is 0.771. The molecule has 1 aliphatic heterocycles. The molecule has 2 unspecified atom stereocenters. The average Bonchev–Trinajstić information content (AvgIpc) is 3.15. The van der Waals surface area contributed by atoms with Crippen molar-refractivity contribution in [3.63, 3.8) is 0 Å². The first-order chi connectivity index (χ1) is 8.34. The molecule has 0 aromatic carbocycles. The minimum atomic E-state index is 0.112. The van der Waals surface area contributed by atoms with Crippen LogP contribution in [-0.2, 0) is 0 Å². The van der Waals surface area contributed by atoms with Gasteiger partial charge in [-0.3, -0.25) is 4.79 Å². The molecule has 2 N–H and O–H groups in total. The quantitative estimate of drug-likeness (QED) is 0.807. The van der Waals surface area contributed by atoms with Crippen molar-refractivity contribution in [2.24, 2.45) is 11.8 Å². The highest BCUT2D eigenvalue weighted by Crippen LogP contribution is 2.42. The highest BCUT2D eigenvalue weighted by Gasteiger charge is 2.53. The Bertz CT molecular complexity index is 453. The van der Waals surface area contributed by atoms with Gasteiger partial charge in [0.25, 0.3) is 5.91 Å². The van der Waals surface area contributed by atoms with E-state index in [2.05, 4.69) is 15.2 Å². The zero-order chi connectivity index (χ0) is 11.4. The SMILES string of the molecule is O=C(NC1C2CNCC21)c1cccn1C1CC1. The van der Waals surface area contributed by atoms with Crippen LogP contribution in [-0.4, -0.2) is 29.6 Å². The Hall–Kier alpha value is -1.29. The van der Waals surface area contributed by atoms with Crippen molar-refractivity contribution >= 4 is 5.91 Å². The van der Waals surface area contributed by atoms with Crippen molar-refractivity contribution in [3.8, 4) is 0 Å². The van der Waals surface area contributed by atoms with Crippen LogP contribution >= 0.6 is 0 Å². The molecule has 4 rings (SSSR count). The molecule has 1 aromatic rings. The molecule has 2 heterocycles. The molecule has 17 heavy (non-hydrogen) atoms. The molecule has 1 amide bonds. The van der Waals surface area contributed by atoms with Crippen LogP contribution in [0.1, 0.15) is 29.4 Å². The van der Waals surface area contributed by atoms with Crippen molar-refractivity contribution in [2.45, 2.75) is 24.9 Å². The van der Waals surface area contributed by atoms with E-state index in [1.807, 2.05) is 18.3 Å². The lowest BCUT2D eigenvalue weighted by Crippen LogP contribution is -2.33. The van der Waals surface area contributed by atoms with Gasteiger partial charge in [-0.05, 0) is 36.8 Å². The van der Waals surface area contributed by atoms with E-state index in [0.717, 1.165) is 18.8 Å². The lowest BCUT2D eigenvalue weighted by molar-refractivity contribution is 0.0937. The van der Waals surface area contributed by atoms with E-state index < -0.39 is 0 Å². The van der Waals surface area contributed by atoms with Gasteiger partial charge >= 0.3 is 0 Å². The first kappa shape index (κ1) is 9.71. The summed E-state index contributed by atoms with van der Waals surface area (Å²) < 4.78 is 2.13. The number of amides is 1. The topological polar surface area (TPSA) is 46.1 Å². The summed E-state index contributed by atoms with van der Waals surface area (Å²) in [5.74, 6) is 1.48. The number of nitrogens with one attached hydrogen (secondary N) is 2. The molecule has 2 saturated carbocycles. The smallest absolute Gasteiger partial charge is 0.268 e. The summed E-state index contributed by atoms with van der Waals surface area (Å²) >= 11 is 0. The fourth-order valence-electron chi connectivity index (χ4n) is 3.12. The largest absolute Gasteiger partial charge is 0.347 e. The number of rotatable bonds is 3.